The van der Waals surface area contributed by atoms with Crippen molar-refractivity contribution in [3.8, 4) is 0 Å². The molecule has 2 saturated heterocycles. The normalized spacial score (nSPS) is 23.8. The van der Waals surface area contributed by atoms with Gasteiger partial charge in [-0.15, -0.1) is 0 Å². The van der Waals surface area contributed by atoms with Crippen molar-refractivity contribution in [1.29, 1.82) is 0 Å². The van der Waals surface area contributed by atoms with E-state index < -0.39 is 0 Å². The van der Waals surface area contributed by atoms with Gasteiger partial charge in [0.05, 0.1) is 6.54 Å². The molecule has 0 atom stereocenters. The van der Waals surface area contributed by atoms with Crippen LogP contribution in [0.15, 0.2) is 16.5 Å². The quantitative estimate of drug-likeness (QED) is 0.835. The molecule has 4 heteroatoms. The minimum absolute atomic E-state index is 0.794. The molecule has 0 aromatic carbocycles. The van der Waals surface area contributed by atoms with Crippen LogP contribution in [0, 0.1) is 6.92 Å². The first kappa shape index (κ1) is 11.3. The average molecular weight is 235 g/mol. The second-order valence-electron chi connectivity index (χ2n) is 5.14. The molecule has 0 aliphatic carbocycles. The second-order valence-corrected chi connectivity index (χ2v) is 5.14. The molecule has 2 fully saturated rings. The number of nitrogens with zero attached hydrogens (tertiary/aromatic N) is 2. The highest BCUT2D eigenvalue weighted by Gasteiger charge is 2.27. The molecule has 2 aliphatic heterocycles. The first-order chi connectivity index (χ1) is 8.31. The van der Waals surface area contributed by atoms with Gasteiger partial charge in [0.25, 0.3) is 0 Å². The number of nitrogens with one attached hydrogen (secondary N) is 1. The zero-order chi connectivity index (χ0) is 11.7. The van der Waals surface area contributed by atoms with Gasteiger partial charge in [-0.05, 0) is 19.1 Å². The molecule has 1 N–H and O–H groups in total. The Morgan fingerprint density at radius 1 is 1.24 bits per heavy atom. The predicted molar refractivity (Wildman–Crippen MR) is 67.0 cm³/mol. The molecule has 1 aromatic heterocycles. The topological polar surface area (TPSA) is 31.6 Å². The van der Waals surface area contributed by atoms with Crippen LogP contribution in [-0.4, -0.2) is 55.1 Å². The number of piperazine rings is 1. The molecule has 0 amide bonds. The van der Waals surface area contributed by atoms with E-state index in [0.29, 0.717) is 0 Å². The second kappa shape index (κ2) is 4.80. The molecule has 0 unspecified atom stereocenters. The number of furan rings is 1. The molecule has 1 aromatic rings. The lowest BCUT2D eigenvalue weighted by Gasteiger charge is -2.43. The van der Waals surface area contributed by atoms with E-state index in [2.05, 4.69) is 21.2 Å². The summed E-state index contributed by atoms with van der Waals surface area (Å²) in [6, 6.07) is 4.94. The third-order valence-electron chi connectivity index (χ3n) is 3.86. The highest BCUT2D eigenvalue weighted by molar-refractivity contribution is 5.05. The van der Waals surface area contributed by atoms with E-state index in [4.69, 9.17) is 4.42 Å². The summed E-state index contributed by atoms with van der Waals surface area (Å²) in [6.45, 7) is 10.1. The molecule has 4 nitrogen and oxygen atoms in total. The van der Waals surface area contributed by atoms with Crippen molar-refractivity contribution in [3.05, 3.63) is 23.7 Å². The number of hydrogen-bond donors (Lipinski definition) is 1. The predicted octanol–water partition coefficient (Wildman–Crippen LogP) is 0.677. The minimum atomic E-state index is 0.794. The van der Waals surface area contributed by atoms with Crippen LogP contribution in [0.5, 0.6) is 0 Å². The molecule has 3 heterocycles. The Morgan fingerprint density at radius 2 is 2.00 bits per heavy atom. The first-order valence-corrected chi connectivity index (χ1v) is 6.54. The van der Waals surface area contributed by atoms with Gasteiger partial charge in [0.15, 0.2) is 0 Å². The van der Waals surface area contributed by atoms with Crippen LogP contribution in [0.25, 0.3) is 0 Å². The summed E-state index contributed by atoms with van der Waals surface area (Å²) in [5.41, 5.74) is 0. The summed E-state index contributed by atoms with van der Waals surface area (Å²) in [5, 5.41) is 3.34. The fourth-order valence-electron chi connectivity index (χ4n) is 2.61. The minimum Gasteiger partial charge on any atom is -0.465 e. The van der Waals surface area contributed by atoms with Crippen molar-refractivity contribution in [2.24, 2.45) is 0 Å². The molecule has 2 aliphatic rings. The Labute approximate surface area is 103 Å². The lowest BCUT2D eigenvalue weighted by Crippen LogP contribution is -2.61. The third kappa shape index (κ3) is 2.54. The van der Waals surface area contributed by atoms with E-state index in [9.17, 15) is 0 Å². The summed E-state index contributed by atoms with van der Waals surface area (Å²) in [5.74, 6) is 2.11. The van der Waals surface area contributed by atoms with Gasteiger partial charge in [-0.3, -0.25) is 9.80 Å². The maximum absolute atomic E-state index is 5.63. The Hall–Kier alpha value is -0.840. The van der Waals surface area contributed by atoms with Crippen LogP contribution in [0.3, 0.4) is 0 Å². The SMILES string of the molecule is Cc1ccc(CN2CCN(C3CNC3)CC2)o1. The van der Waals surface area contributed by atoms with Crippen LogP contribution >= 0.6 is 0 Å². The highest BCUT2D eigenvalue weighted by atomic mass is 16.3. The summed E-state index contributed by atoms with van der Waals surface area (Å²) >= 11 is 0. The van der Waals surface area contributed by atoms with Crippen molar-refractivity contribution >= 4 is 0 Å². The van der Waals surface area contributed by atoms with E-state index >= 15 is 0 Å². The van der Waals surface area contributed by atoms with Gasteiger partial charge >= 0.3 is 0 Å². The summed E-state index contributed by atoms with van der Waals surface area (Å²) in [6.07, 6.45) is 0. The molecular formula is C13H21N3O. The van der Waals surface area contributed by atoms with Crippen molar-refractivity contribution in [3.63, 3.8) is 0 Å². The molecule has 0 saturated carbocycles. The van der Waals surface area contributed by atoms with E-state index in [-0.39, 0.29) is 0 Å². The Morgan fingerprint density at radius 3 is 2.53 bits per heavy atom. The monoisotopic (exact) mass is 235 g/mol. The molecule has 0 spiro atoms. The Balaban J connectivity index is 1.47. The number of aryl methyl sites for hydroxylation is 1. The molecule has 0 bridgehead atoms. The van der Waals surface area contributed by atoms with E-state index in [1.165, 1.54) is 26.2 Å². The van der Waals surface area contributed by atoms with Crippen LogP contribution in [0.1, 0.15) is 11.5 Å². The van der Waals surface area contributed by atoms with Crippen LogP contribution in [0.4, 0.5) is 0 Å². The molecule has 0 radical (unpaired) electrons. The van der Waals surface area contributed by atoms with E-state index in [1.54, 1.807) is 0 Å². The zero-order valence-electron chi connectivity index (χ0n) is 10.5. The fourth-order valence-corrected chi connectivity index (χ4v) is 2.61. The van der Waals surface area contributed by atoms with Crippen molar-refractivity contribution < 1.29 is 4.42 Å². The molecule has 94 valence electrons. The van der Waals surface area contributed by atoms with Gasteiger partial charge in [0.1, 0.15) is 11.5 Å². The van der Waals surface area contributed by atoms with E-state index in [0.717, 1.165) is 37.2 Å². The summed E-state index contributed by atoms with van der Waals surface area (Å²) in [4.78, 5) is 5.10. The van der Waals surface area contributed by atoms with Gasteiger partial charge in [-0.25, -0.2) is 0 Å². The average Bonchev–Trinajstić information content (AvgIpc) is 2.64. The van der Waals surface area contributed by atoms with Gasteiger partial charge < -0.3 is 9.73 Å². The lowest BCUT2D eigenvalue weighted by molar-refractivity contribution is 0.0664. The molecular weight excluding hydrogens is 214 g/mol. The smallest absolute Gasteiger partial charge is 0.118 e. The van der Waals surface area contributed by atoms with Gasteiger partial charge in [-0.2, -0.15) is 0 Å². The third-order valence-corrected chi connectivity index (χ3v) is 3.86. The molecule has 17 heavy (non-hydrogen) atoms. The number of hydrogen-bond acceptors (Lipinski definition) is 4. The van der Waals surface area contributed by atoms with Gasteiger partial charge in [-0.1, -0.05) is 0 Å². The first-order valence-electron chi connectivity index (χ1n) is 6.54. The van der Waals surface area contributed by atoms with Crippen molar-refractivity contribution in [2.45, 2.75) is 19.5 Å². The summed E-state index contributed by atoms with van der Waals surface area (Å²) < 4.78 is 5.63. The highest BCUT2D eigenvalue weighted by Crippen LogP contribution is 2.14. The zero-order valence-corrected chi connectivity index (χ0v) is 10.5. The largest absolute Gasteiger partial charge is 0.465 e. The van der Waals surface area contributed by atoms with Crippen LogP contribution < -0.4 is 5.32 Å². The van der Waals surface area contributed by atoms with E-state index in [1.807, 2.05) is 13.0 Å². The van der Waals surface area contributed by atoms with Crippen molar-refractivity contribution in [1.82, 2.24) is 15.1 Å². The maximum atomic E-state index is 5.63. The van der Waals surface area contributed by atoms with Gasteiger partial charge in [0, 0.05) is 45.3 Å². The lowest BCUT2D eigenvalue weighted by atomic mass is 10.1. The Kier molecular flexibility index (Phi) is 3.18. The standard InChI is InChI=1S/C13H21N3O/c1-11-2-3-13(17-11)10-15-4-6-16(7-5-15)12-8-14-9-12/h2-3,12,14H,4-10H2,1H3. The number of rotatable bonds is 3. The Bertz CT molecular complexity index is 364. The van der Waals surface area contributed by atoms with Crippen molar-refractivity contribution in [2.75, 3.05) is 39.3 Å². The van der Waals surface area contributed by atoms with Gasteiger partial charge in [0.2, 0.25) is 0 Å². The van der Waals surface area contributed by atoms with Crippen LogP contribution in [0.2, 0.25) is 0 Å². The maximum Gasteiger partial charge on any atom is 0.118 e. The fraction of sp³-hybridized carbons (Fsp3) is 0.692. The van der Waals surface area contributed by atoms with Crippen LogP contribution in [-0.2, 0) is 6.54 Å². The molecule has 3 rings (SSSR count). The summed E-state index contributed by atoms with van der Waals surface area (Å²) in [7, 11) is 0.